The fourth-order valence-electron chi connectivity index (χ4n) is 3.03. The molecule has 4 heteroatoms. The minimum absolute atomic E-state index is 0.0943. The van der Waals surface area contributed by atoms with Crippen molar-refractivity contribution in [3.63, 3.8) is 0 Å². The smallest absolute Gasteiger partial charge is 0.253 e. The Kier molecular flexibility index (Phi) is 5.49. The molecule has 1 fully saturated rings. The Balaban J connectivity index is 1.55. The largest absolute Gasteiger partial charge is 0.348 e. The fourth-order valence-corrected chi connectivity index (χ4v) is 3.03. The fraction of sp³-hybridized carbons (Fsp3) is 0.333. The molecule has 1 heterocycles. The third-order valence-corrected chi connectivity index (χ3v) is 4.76. The zero-order valence-corrected chi connectivity index (χ0v) is 14.6. The van der Waals surface area contributed by atoms with Gasteiger partial charge in [0.25, 0.3) is 11.8 Å². The summed E-state index contributed by atoms with van der Waals surface area (Å²) in [5.41, 5.74) is 2.34. The Hall–Kier alpha value is -2.62. The number of piperidine rings is 1. The summed E-state index contributed by atoms with van der Waals surface area (Å²) in [7, 11) is 0. The van der Waals surface area contributed by atoms with Crippen LogP contribution in [0.15, 0.2) is 54.6 Å². The van der Waals surface area contributed by atoms with Crippen molar-refractivity contribution in [2.75, 3.05) is 13.1 Å². The molecule has 1 aliphatic rings. The number of nitrogens with zero attached hydrogens (tertiary/aromatic N) is 1. The van der Waals surface area contributed by atoms with Crippen LogP contribution in [0, 0.1) is 5.92 Å². The van der Waals surface area contributed by atoms with E-state index in [9.17, 15) is 9.59 Å². The van der Waals surface area contributed by atoms with Crippen LogP contribution in [0.4, 0.5) is 0 Å². The Morgan fingerprint density at radius 3 is 2.24 bits per heavy atom. The van der Waals surface area contributed by atoms with Crippen LogP contribution in [0.3, 0.4) is 0 Å². The quantitative estimate of drug-likeness (QED) is 0.929. The van der Waals surface area contributed by atoms with Gasteiger partial charge in [0.1, 0.15) is 0 Å². The first kappa shape index (κ1) is 17.2. The summed E-state index contributed by atoms with van der Waals surface area (Å²) in [4.78, 5) is 26.5. The molecule has 3 rings (SSSR count). The first-order valence-electron chi connectivity index (χ1n) is 8.85. The summed E-state index contributed by atoms with van der Waals surface area (Å²) in [5, 5.41) is 2.90. The zero-order valence-electron chi connectivity index (χ0n) is 14.6. The number of amides is 2. The van der Waals surface area contributed by atoms with E-state index in [0.717, 1.165) is 31.5 Å². The van der Waals surface area contributed by atoms with Crippen LogP contribution < -0.4 is 5.32 Å². The van der Waals surface area contributed by atoms with E-state index in [0.29, 0.717) is 23.6 Å². The predicted molar refractivity (Wildman–Crippen MR) is 98.4 cm³/mol. The molecule has 0 aliphatic carbocycles. The van der Waals surface area contributed by atoms with Crippen molar-refractivity contribution in [3.8, 4) is 0 Å². The molecule has 0 bridgehead atoms. The highest BCUT2D eigenvalue weighted by Crippen LogP contribution is 2.18. The molecule has 130 valence electrons. The van der Waals surface area contributed by atoms with Crippen molar-refractivity contribution in [1.82, 2.24) is 10.2 Å². The van der Waals surface area contributed by atoms with Crippen LogP contribution in [0.1, 0.15) is 46.0 Å². The molecule has 1 N–H and O–H groups in total. The van der Waals surface area contributed by atoms with Crippen molar-refractivity contribution in [2.24, 2.45) is 5.92 Å². The molecule has 2 aromatic carbocycles. The topological polar surface area (TPSA) is 49.4 Å². The average Bonchev–Trinajstić information content (AvgIpc) is 2.67. The molecule has 2 aromatic rings. The van der Waals surface area contributed by atoms with Crippen LogP contribution in [0.2, 0.25) is 0 Å². The van der Waals surface area contributed by atoms with Gasteiger partial charge in [-0.25, -0.2) is 0 Å². The minimum atomic E-state index is -0.0943. The SMILES string of the molecule is CC1CCN(C(=O)c2ccc(CNC(=O)c3ccccc3)cc2)CC1. The lowest BCUT2D eigenvalue weighted by Crippen LogP contribution is -2.37. The predicted octanol–water partition coefficient (Wildman–Crippen LogP) is 3.49. The minimum Gasteiger partial charge on any atom is -0.348 e. The lowest BCUT2D eigenvalue weighted by molar-refractivity contribution is 0.0697. The van der Waals surface area contributed by atoms with Gasteiger partial charge < -0.3 is 10.2 Å². The third-order valence-electron chi connectivity index (χ3n) is 4.76. The molecule has 0 radical (unpaired) electrons. The first-order chi connectivity index (χ1) is 12.1. The second kappa shape index (κ2) is 7.97. The zero-order chi connectivity index (χ0) is 17.6. The van der Waals surface area contributed by atoms with E-state index in [1.54, 1.807) is 12.1 Å². The number of likely N-dealkylation sites (tertiary alicyclic amines) is 1. The van der Waals surface area contributed by atoms with Crippen molar-refractivity contribution in [1.29, 1.82) is 0 Å². The lowest BCUT2D eigenvalue weighted by Gasteiger charge is -2.30. The Bertz CT molecular complexity index is 717. The second-order valence-electron chi connectivity index (χ2n) is 6.72. The standard InChI is InChI=1S/C21H24N2O2/c1-16-11-13-23(14-12-16)21(25)19-9-7-17(8-10-19)15-22-20(24)18-5-3-2-4-6-18/h2-10,16H,11-15H2,1H3,(H,22,24). The van der Waals surface area contributed by atoms with Crippen molar-refractivity contribution < 1.29 is 9.59 Å². The molecule has 1 saturated heterocycles. The van der Waals surface area contributed by atoms with Crippen LogP contribution >= 0.6 is 0 Å². The van der Waals surface area contributed by atoms with Crippen LogP contribution in [0.5, 0.6) is 0 Å². The monoisotopic (exact) mass is 336 g/mol. The summed E-state index contributed by atoms with van der Waals surface area (Å²) in [6.07, 6.45) is 2.16. The highest BCUT2D eigenvalue weighted by Gasteiger charge is 2.21. The third kappa shape index (κ3) is 4.47. The van der Waals surface area contributed by atoms with Crippen LogP contribution in [-0.4, -0.2) is 29.8 Å². The summed E-state index contributed by atoms with van der Waals surface area (Å²) in [5.74, 6) is 0.717. The van der Waals surface area contributed by atoms with E-state index >= 15 is 0 Å². The summed E-state index contributed by atoms with van der Waals surface area (Å²) in [6.45, 7) is 4.37. The molecule has 1 aliphatic heterocycles. The molecular formula is C21H24N2O2. The maximum atomic E-state index is 12.5. The molecule has 0 atom stereocenters. The molecule has 0 spiro atoms. The Morgan fingerprint density at radius 2 is 1.60 bits per heavy atom. The number of carbonyl (C=O) groups excluding carboxylic acids is 2. The highest BCUT2D eigenvalue weighted by atomic mass is 16.2. The van der Waals surface area contributed by atoms with Crippen molar-refractivity contribution in [2.45, 2.75) is 26.3 Å². The Labute approximate surface area is 148 Å². The molecule has 25 heavy (non-hydrogen) atoms. The number of carbonyl (C=O) groups is 2. The summed E-state index contributed by atoms with van der Waals surface area (Å²) < 4.78 is 0. The second-order valence-corrected chi connectivity index (χ2v) is 6.72. The number of nitrogens with one attached hydrogen (secondary N) is 1. The summed E-state index contributed by atoms with van der Waals surface area (Å²) >= 11 is 0. The van der Waals surface area contributed by atoms with Gasteiger partial charge in [0.15, 0.2) is 0 Å². The number of benzene rings is 2. The number of hydrogen-bond acceptors (Lipinski definition) is 2. The molecule has 2 amide bonds. The van der Waals surface area contributed by atoms with Crippen LogP contribution in [-0.2, 0) is 6.54 Å². The average molecular weight is 336 g/mol. The lowest BCUT2D eigenvalue weighted by atomic mass is 9.98. The molecule has 0 unspecified atom stereocenters. The maximum Gasteiger partial charge on any atom is 0.253 e. The van der Waals surface area contributed by atoms with E-state index in [2.05, 4.69) is 12.2 Å². The van der Waals surface area contributed by atoms with Gasteiger partial charge in [-0.3, -0.25) is 9.59 Å². The van der Waals surface area contributed by atoms with Gasteiger partial charge in [-0.05, 0) is 48.6 Å². The Morgan fingerprint density at radius 1 is 0.960 bits per heavy atom. The van der Waals surface area contributed by atoms with E-state index in [1.807, 2.05) is 47.4 Å². The van der Waals surface area contributed by atoms with Gasteiger partial charge in [-0.2, -0.15) is 0 Å². The van der Waals surface area contributed by atoms with Crippen molar-refractivity contribution in [3.05, 3.63) is 71.3 Å². The maximum absolute atomic E-state index is 12.5. The van der Waals surface area contributed by atoms with Gasteiger partial charge >= 0.3 is 0 Å². The van der Waals surface area contributed by atoms with E-state index in [4.69, 9.17) is 0 Å². The van der Waals surface area contributed by atoms with Gasteiger partial charge in [0.2, 0.25) is 0 Å². The highest BCUT2D eigenvalue weighted by molar-refractivity contribution is 5.95. The summed E-state index contributed by atoms with van der Waals surface area (Å²) in [6, 6.07) is 16.7. The first-order valence-corrected chi connectivity index (χ1v) is 8.85. The normalized spacial score (nSPS) is 15.0. The molecule has 0 aromatic heterocycles. The van der Waals surface area contributed by atoms with Crippen LogP contribution in [0.25, 0.3) is 0 Å². The van der Waals surface area contributed by atoms with E-state index in [1.165, 1.54) is 0 Å². The van der Waals surface area contributed by atoms with Gasteiger partial charge in [-0.15, -0.1) is 0 Å². The molecular weight excluding hydrogens is 312 g/mol. The van der Waals surface area contributed by atoms with Crippen molar-refractivity contribution >= 4 is 11.8 Å². The molecule has 0 saturated carbocycles. The number of hydrogen-bond donors (Lipinski definition) is 1. The number of rotatable bonds is 4. The van der Waals surface area contributed by atoms with Gasteiger partial charge in [0.05, 0.1) is 0 Å². The van der Waals surface area contributed by atoms with Gasteiger partial charge in [0, 0.05) is 30.8 Å². The van der Waals surface area contributed by atoms with E-state index in [-0.39, 0.29) is 11.8 Å². The van der Waals surface area contributed by atoms with Gasteiger partial charge in [-0.1, -0.05) is 37.3 Å². The molecule has 4 nitrogen and oxygen atoms in total. The van der Waals surface area contributed by atoms with E-state index < -0.39 is 0 Å².